The van der Waals surface area contributed by atoms with Crippen molar-refractivity contribution < 1.29 is 19.2 Å². The molecule has 256 valence electrons. The molecule has 0 unspecified atom stereocenters. The number of benzene rings is 6. The average Bonchev–Trinajstić information content (AvgIpc) is 3.67. The molecule has 0 aliphatic carbocycles. The first-order valence-electron chi connectivity index (χ1n) is 17.6. The van der Waals surface area contributed by atoms with Crippen LogP contribution in [0.25, 0.3) is 33.8 Å². The predicted octanol–water partition coefficient (Wildman–Crippen LogP) is 10.2. The van der Waals surface area contributed by atoms with Gasteiger partial charge in [0.15, 0.2) is 11.6 Å². The van der Waals surface area contributed by atoms with Gasteiger partial charge in [0.2, 0.25) is 0 Å². The number of amides is 2. The predicted molar refractivity (Wildman–Crippen MR) is 210 cm³/mol. The molecule has 0 saturated heterocycles. The van der Waals surface area contributed by atoms with Gasteiger partial charge in [-0.15, -0.1) is 0 Å². The topological polar surface area (TPSA) is 76.5 Å². The molecule has 0 N–H and O–H groups in total. The number of rotatable bonds is 10. The van der Waals surface area contributed by atoms with Crippen molar-refractivity contribution in [1.29, 1.82) is 0 Å². The summed E-state index contributed by atoms with van der Waals surface area (Å²) in [4.78, 5) is 56.6. The summed E-state index contributed by atoms with van der Waals surface area (Å²) >= 11 is 0. The van der Waals surface area contributed by atoms with Crippen LogP contribution in [-0.4, -0.2) is 27.9 Å². The SMILES string of the molecule is CCc1c(/C=C\CC(=O)c2ccccc2)c2ccc(C(=O)c3ccccc3)cc2n1-c1cccc2c1C(=O)N(c1cccc(-c3ccccc3)c1)C2=O. The molecule has 1 aliphatic rings. The quantitative estimate of drug-likeness (QED) is 0.106. The number of hydrogen-bond acceptors (Lipinski definition) is 4. The van der Waals surface area contributed by atoms with Gasteiger partial charge in [-0.05, 0) is 47.9 Å². The first kappa shape index (κ1) is 33.2. The van der Waals surface area contributed by atoms with Crippen molar-refractivity contribution >= 4 is 46.0 Å². The number of ketones is 2. The maximum absolute atomic E-state index is 14.5. The molecule has 0 bridgehead atoms. The van der Waals surface area contributed by atoms with Crippen molar-refractivity contribution in [3.05, 3.63) is 197 Å². The molecule has 53 heavy (non-hydrogen) atoms. The lowest BCUT2D eigenvalue weighted by Crippen LogP contribution is -2.29. The van der Waals surface area contributed by atoms with E-state index in [1.165, 1.54) is 4.90 Å². The molecule has 0 atom stereocenters. The van der Waals surface area contributed by atoms with Gasteiger partial charge in [-0.2, -0.15) is 0 Å². The molecule has 8 rings (SSSR count). The molecule has 7 aromatic rings. The number of Topliss-reactive ketones (excluding diaryl/α,β-unsaturated/α-hetero) is 1. The van der Waals surface area contributed by atoms with Crippen molar-refractivity contribution in [3.8, 4) is 16.8 Å². The second-order valence-corrected chi connectivity index (χ2v) is 12.9. The van der Waals surface area contributed by atoms with Gasteiger partial charge < -0.3 is 4.57 Å². The summed E-state index contributed by atoms with van der Waals surface area (Å²) in [6, 6.07) is 46.5. The number of carbonyl (C=O) groups is 4. The van der Waals surface area contributed by atoms with Gasteiger partial charge in [-0.1, -0.05) is 140 Å². The van der Waals surface area contributed by atoms with Gasteiger partial charge in [-0.25, -0.2) is 4.90 Å². The average molecular weight is 691 g/mol. The Labute approximate surface area is 307 Å². The third-order valence-corrected chi connectivity index (χ3v) is 9.77. The highest BCUT2D eigenvalue weighted by Gasteiger charge is 2.39. The monoisotopic (exact) mass is 690 g/mol. The summed E-state index contributed by atoms with van der Waals surface area (Å²) in [5, 5.41) is 0.858. The van der Waals surface area contributed by atoms with Gasteiger partial charge in [0, 0.05) is 39.8 Å². The summed E-state index contributed by atoms with van der Waals surface area (Å²) < 4.78 is 2.00. The molecule has 1 aromatic heterocycles. The van der Waals surface area contributed by atoms with E-state index in [4.69, 9.17) is 0 Å². The highest BCUT2D eigenvalue weighted by atomic mass is 16.2. The molecular formula is C47H34N2O4. The van der Waals surface area contributed by atoms with E-state index in [1.807, 2.05) is 133 Å². The normalized spacial score (nSPS) is 12.5. The van der Waals surface area contributed by atoms with E-state index >= 15 is 0 Å². The number of aromatic nitrogens is 1. The molecule has 0 radical (unpaired) electrons. The number of nitrogens with zero attached hydrogens (tertiary/aromatic N) is 2. The Kier molecular flexibility index (Phi) is 8.78. The Morgan fingerprint density at radius 1 is 0.623 bits per heavy atom. The summed E-state index contributed by atoms with van der Waals surface area (Å²) in [6.07, 6.45) is 4.59. The maximum Gasteiger partial charge on any atom is 0.268 e. The second kappa shape index (κ2) is 14.0. The minimum atomic E-state index is -0.420. The van der Waals surface area contributed by atoms with Crippen LogP contribution in [0.3, 0.4) is 0 Å². The van der Waals surface area contributed by atoms with E-state index in [9.17, 15) is 19.2 Å². The molecule has 0 fully saturated rings. The lowest BCUT2D eigenvalue weighted by Gasteiger charge is -2.16. The first-order valence-corrected chi connectivity index (χ1v) is 17.6. The molecule has 6 nitrogen and oxygen atoms in total. The van der Waals surface area contributed by atoms with Crippen molar-refractivity contribution in [3.63, 3.8) is 0 Å². The van der Waals surface area contributed by atoms with E-state index in [-0.39, 0.29) is 18.0 Å². The Balaban J connectivity index is 1.27. The Morgan fingerprint density at radius 3 is 2.00 bits per heavy atom. The van der Waals surface area contributed by atoms with Crippen LogP contribution in [0, 0.1) is 0 Å². The van der Waals surface area contributed by atoms with Crippen molar-refractivity contribution in [2.45, 2.75) is 19.8 Å². The number of allylic oxidation sites excluding steroid dienone is 1. The van der Waals surface area contributed by atoms with Gasteiger partial charge in [-0.3, -0.25) is 19.2 Å². The first-order chi connectivity index (χ1) is 25.9. The van der Waals surface area contributed by atoms with Gasteiger partial charge in [0.05, 0.1) is 28.0 Å². The van der Waals surface area contributed by atoms with Crippen LogP contribution in [-0.2, 0) is 6.42 Å². The highest BCUT2D eigenvalue weighted by molar-refractivity contribution is 6.35. The molecule has 6 aromatic carbocycles. The smallest absolute Gasteiger partial charge is 0.268 e. The Bertz CT molecular complexity index is 2590. The zero-order chi connectivity index (χ0) is 36.5. The highest BCUT2D eigenvalue weighted by Crippen LogP contribution is 2.38. The fourth-order valence-electron chi connectivity index (χ4n) is 7.24. The molecule has 0 spiro atoms. The zero-order valence-corrected chi connectivity index (χ0v) is 29.0. The molecular weight excluding hydrogens is 657 g/mol. The van der Waals surface area contributed by atoms with Crippen LogP contribution in [0.1, 0.15) is 71.6 Å². The van der Waals surface area contributed by atoms with Crippen LogP contribution < -0.4 is 4.90 Å². The van der Waals surface area contributed by atoms with Gasteiger partial charge in [0.1, 0.15) is 0 Å². The van der Waals surface area contributed by atoms with E-state index in [1.54, 1.807) is 42.5 Å². The standard InChI is InChI=1S/C47H34N2O4/c1-2-40-37(23-14-26-43(50)32-17-8-4-9-18-32)38-28-27-35(45(51)33-19-10-5-11-20-33)30-42(38)49(40)41-25-13-24-39-44(41)47(53)48(46(39)52)36-22-12-21-34(29-36)31-15-6-3-7-16-31/h3-25,27-30H,2,26H2,1H3/b23-14-. The van der Waals surface area contributed by atoms with Crippen molar-refractivity contribution in [1.82, 2.24) is 4.57 Å². The fourth-order valence-corrected chi connectivity index (χ4v) is 7.24. The van der Waals surface area contributed by atoms with Crippen LogP contribution >= 0.6 is 0 Å². The van der Waals surface area contributed by atoms with Gasteiger partial charge >= 0.3 is 0 Å². The molecule has 1 aliphatic heterocycles. The van der Waals surface area contributed by atoms with E-state index in [2.05, 4.69) is 0 Å². The summed E-state index contributed by atoms with van der Waals surface area (Å²) in [5.74, 6) is -0.943. The third kappa shape index (κ3) is 6.00. The van der Waals surface area contributed by atoms with E-state index in [0.717, 1.165) is 33.3 Å². The summed E-state index contributed by atoms with van der Waals surface area (Å²) in [7, 11) is 0. The van der Waals surface area contributed by atoms with Crippen LogP contribution in [0.2, 0.25) is 0 Å². The summed E-state index contributed by atoms with van der Waals surface area (Å²) in [5.41, 5.74) is 7.68. The van der Waals surface area contributed by atoms with E-state index in [0.29, 0.717) is 45.6 Å². The van der Waals surface area contributed by atoms with Gasteiger partial charge in [0.25, 0.3) is 11.8 Å². The second-order valence-electron chi connectivity index (χ2n) is 12.9. The number of carbonyl (C=O) groups excluding carboxylic acids is 4. The van der Waals surface area contributed by atoms with Crippen molar-refractivity contribution in [2.75, 3.05) is 4.90 Å². The Morgan fingerprint density at radius 2 is 1.28 bits per heavy atom. The molecule has 2 heterocycles. The minimum absolute atomic E-state index is 0.000735. The van der Waals surface area contributed by atoms with Crippen molar-refractivity contribution in [2.24, 2.45) is 0 Å². The zero-order valence-electron chi connectivity index (χ0n) is 29.0. The number of fused-ring (bicyclic) bond motifs is 2. The summed E-state index contributed by atoms with van der Waals surface area (Å²) in [6.45, 7) is 2.03. The van der Waals surface area contributed by atoms with Crippen LogP contribution in [0.4, 0.5) is 5.69 Å². The van der Waals surface area contributed by atoms with E-state index < -0.39 is 11.8 Å². The van der Waals surface area contributed by atoms with Crippen LogP contribution in [0.5, 0.6) is 0 Å². The minimum Gasteiger partial charge on any atom is -0.312 e. The maximum atomic E-state index is 14.5. The third-order valence-electron chi connectivity index (χ3n) is 9.77. The number of imide groups is 1. The number of hydrogen-bond donors (Lipinski definition) is 0. The lowest BCUT2D eigenvalue weighted by molar-refractivity contribution is 0.0923. The number of anilines is 1. The van der Waals surface area contributed by atoms with Crippen LogP contribution in [0.15, 0.2) is 158 Å². The lowest BCUT2D eigenvalue weighted by atomic mass is 10.0. The molecule has 2 amide bonds. The Hall–Kier alpha value is -6.92. The molecule has 0 saturated carbocycles. The molecule has 6 heteroatoms. The fraction of sp³-hybridized carbons (Fsp3) is 0.0638. The largest absolute Gasteiger partial charge is 0.312 e.